The van der Waals surface area contributed by atoms with Crippen molar-refractivity contribution in [2.75, 3.05) is 18.0 Å². The van der Waals surface area contributed by atoms with E-state index in [1.165, 1.54) is 0 Å². The molecule has 0 amide bonds. The maximum Gasteiger partial charge on any atom is 0.298 e. The highest BCUT2D eigenvalue weighted by Crippen LogP contribution is 2.27. The van der Waals surface area contributed by atoms with Crippen LogP contribution in [-0.2, 0) is 0 Å². The van der Waals surface area contributed by atoms with E-state index in [1.807, 2.05) is 18.2 Å². The number of fused-ring (bicyclic) bond motifs is 1. The van der Waals surface area contributed by atoms with Crippen LogP contribution in [0.5, 0.6) is 0 Å². The molecule has 19 heavy (non-hydrogen) atoms. The second-order valence-electron chi connectivity index (χ2n) is 5.35. The molecule has 0 aliphatic carbocycles. The number of benzene rings is 1. The van der Waals surface area contributed by atoms with Gasteiger partial charge in [0.15, 0.2) is 5.58 Å². The number of hydrogen-bond donors (Lipinski definition) is 0. The Balaban J connectivity index is 1.94. The van der Waals surface area contributed by atoms with Crippen molar-refractivity contribution in [3.05, 3.63) is 35.4 Å². The van der Waals surface area contributed by atoms with Gasteiger partial charge in [0.25, 0.3) is 6.01 Å². The van der Waals surface area contributed by atoms with Crippen LogP contribution >= 0.6 is 11.6 Å². The lowest BCUT2D eigenvalue weighted by Crippen LogP contribution is -2.30. The van der Waals surface area contributed by atoms with Crippen molar-refractivity contribution in [1.82, 2.24) is 4.98 Å². The highest BCUT2D eigenvalue weighted by Gasteiger charge is 2.20. The van der Waals surface area contributed by atoms with Crippen molar-refractivity contribution < 1.29 is 4.42 Å². The number of halogens is 1. The summed E-state index contributed by atoms with van der Waals surface area (Å²) in [5.41, 5.74) is 1.61. The lowest BCUT2D eigenvalue weighted by atomic mass is 10.1. The average molecular weight is 277 g/mol. The Morgan fingerprint density at radius 2 is 1.89 bits per heavy atom. The normalized spacial score (nSPS) is 23.8. The quantitative estimate of drug-likeness (QED) is 0.734. The number of anilines is 1. The second kappa shape index (κ2) is 4.89. The lowest BCUT2D eigenvalue weighted by molar-refractivity contribution is 0.534. The maximum absolute atomic E-state index is 5.97. The van der Waals surface area contributed by atoms with Crippen molar-refractivity contribution in [3.63, 3.8) is 0 Å². The second-order valence-corrected chi connectivity index (χ2v) is 5.79. The Morgan fingerprint density at radius 3 is 2.58 bits per heavy atom. The zero-order valence-electron chi connectivity index (χ0n) is 11.1. The molecule has 0 radical (unpaired) electrons. The molecule has 1 aliphatic heterocycles. The smallest absolute Gasteiger partial charge is 0.298 e. The summed E-state index contributed by atoms with van der Waals surface area (Å²) in [5, 5.41) is 0.675. The van der Waals surface area contributed by atoms with Gasteiger partial charge in [-0.15, -0.1) is 0 Å². The van der Waals surface area contributed by atoms with E-state index in [0.717, 1.165) is 24.2 Å². The molecule has 3 rings (SSSR count). The topological polar surface area (TPSA) is 29.3 Å². The molecule has 2 atom stereocenters. The number of oxazole rings is 1. The summed E-state index contributed by atoms with van der Waals surface area (Å²) in [7, 11) is 0. The average Bonchev–Trinajstić information content (AvgIpc) is 2.70. The fourth-order valence-corrected chi connectivity index (χ4v) is 2.61. The van der Waals surface area contributed by atoms with E-state index >= 15 is 0 Å². The van der Waals surface area contributed by atoms with E-state index < -0.39 is 0 Å². The lowest BCUT2D eigenvalue weighted by Gasteiger charge is -2.22. The maximum atomic E-state index is 5.97. The van der Waals surface area contributed by atoms with E-state index in [0.29, 0.717) is 22.9 Å². The highest BCUT2D eigenvalue weighted by molar-refractivity contribution is 6.31. The van der Waals surface area contributed by atoms with E-state index in [9.17, 15) is 0 Å². The third-order valence-electron chi connectivity index (χ3n) is 3.39. The molecule has 1 aromatic carbocycles. The third-order valence-corrected chi connectivity index (χ3v) is 3.63. The molecule has 0 bridgehead atoms. The molecular weight excluding hydrogens is 260 g/mol. The van der Waals surface area contributed by atoms with Gasteiger partial charge in [-0.05, 0) is 24.0 Å². The third kappa shape index (κ3) is 2.61. The zero-order chi connectivity index (χ0) is 13.4. The SMILES string of the molecule is C[C@@H]1C=C[C@H](C)CN(c2nc3ccc(Cl)cc3o2)C1. The van der Waals surface area contributed by atoms with Crippen LogP contribution in [0.15, 0.2) is 34.8 Å². The van der Waals surface area contributed by atoms with Gasteiger partial charge in [0.2, 0.25) is 0 Å². The summed E-state index contributed by atoms with van der Waals surface area (Å²) >= 11 is 5.97. The van der Waals surface area contributed by atoms with Crippen LogP contribution in [0.2, 0.25) is 5.02 Å². The van der Waals surface area contributed by atoms with E-state index in [4.69, 9.17) is 16.0 Å². The molecule has 1 aromatic heterocycles. The number of nitrogens with zero attached hydrogens (tertiary/aromatic N) is 2. The molecule has 0 unspecified atom stereocenters. The Hall–Kier alpha value is -1.48. The van der Waals surface area contributed by atoms with Gasteiger partial charge in [-0.3, -0.25) is 0 Å². The van der Waals surface area contributed by atoms with Crippen LogP contribution < -0.4 is 4.90 Å². The fraction of sp³-hybridized carbons (Fsp3) is 0.400. The molecular formula is C15H17ClN2O. The van der Waals surface area contributed by atoms with Gasteiger partial charge in [-0.25, -0.2) is 0 Å². The van der Waals surface area contributed by atoms with Crippen LogP contribution in [0.3, 0.4) is 0 Å². The molecule has 4 heteroatoms. The minimum absolute atomic E-state index is 0.503. The summed E-state index contributed by atoms with van der Waals surface area (Å²) in [6.45, 7) is 6.28. The van der Waals surface area contributed by atoms with Crippen molar-refractivity contribution in [3.8, 4) is 0 Å². The van der Waals surface area contributed by atoms with Gasteiger partial charge >= 0.3 is 0 Å². The monoisotopic (exact) mass is 276 g/mol. The predicted molar refractivity (Wildman–Crippen MR) is 78.7 cm³/mol. The summed E-state index contributed by atoms with van der Waals surface area (Å²) < 4.78 is 5.84. The van der Waals surface area contributed by atoms with Crippen LogP contribution in [0.4, 0.5) is 6.01 Å². The van der Waals surface area contributed by atoms with Crippen LogP contribution in [0.1, 0.15) is 13.8 Å². The molecule has 0 fully saturated rings. The van der Waals surface area contributed by atoms with E-state index in [2.05, 4.69) is 35.9 Å². The molecule has 0 N–H and O–H groups in total. The zero-order valence-corrected chi connectivity index (χ0v) is 11.9. The summed E-state index contributed by atoms with van der Waals surface area (Å²) in [6.07, 6.45) is 4.54. The first-order valence-electron chi connectivity index (χ1n) is 6.61. The fourth-order valence-electron chi connectivity index (χ4n) is 2.45. The minimum atomic E-state index is 0.503. The van der Waals surface area contributed by atoms with Gasteiger partial charge in [0.1, 0.15) is 5.52 Å². The summed E-state index contributed by atoms with van der Waals surface area (Å²) in [4.78, 5) is 6.77. The van der Waals surface area contributed by atoms with Crippen LogP contribution in [0.25, 0.3) is 11.1 Å². The Kier molecular flexibility index (Phi) is 3.23. The minimum Gasteiger partial charge on any atom is -0.423 e. The van der Waals surface area contributed by atoms with Gasteiger partial charge in [0.05, 0.1) is 0 Å². The summed E-state index contributed by atoms with van der Waals surface area (Å²) in [6, 6.07) is 6.25. The van der Waals surface area contributed by atoms with E-state index in [-0.39, 0.29) is 0 Å². The summed E-state index contributed by atoms with van der Waals surface area (Å²) in [5.74, 6) is 1.01. The first-order valence-corrected chi connectivity index (χ1v) is 6.99. The van der Waals surface area contributed by atoms with Gasteiger partial charge in [0, 0.05) is 24.2 Å². The van der Waals surface area contributed by atoms with Gasteiger partial charge < -0.3 is 9.32 Å². The largest absolute Gasteiger partial charge is 0.423 e. The Labute approximate surface area is 117 Å². The molecule has 3 nitrogen and oxygen atoms in total. The van der Waals surface area contributed by atoms with Crippen molar-refractivity contribution in [2.24, 2.45) is 11.8 Å². The first-order chi connectivity index (χ1) is 9.11. The Bertz CT molecular complexity index is 606. The van der Waals surface area contributed by atoms with Crippen molar-refractivity contribution in [1.29, 1.82) is 0 Å². The number of rotatable bonds is 1. The van der Waals surface area contributed by atoms with Crippen LogP contribution in [-0.4, -0.2) is 18.1 Å². The number of aromatic nitrogens is 1. The highest BCUT2D eigenvalue weighted by atomic mass is 35.5. The van der Waals surface area contributed by atoms with Crippen molar-refractivity contribution in [2.45, 2.75) is 13.8 Å². The van der Waals surface area contributed by atoms with Gasteiger partial charge in [-0.1, -0.05) is 37.6 Å². The first kappa shape index (κ1) is 12.5. The standard InChI is InChI=1S/C15H17ClN2O/c1-10-3-4-11(2)9-18(8-10)15-17-13-6-5-12(16)7-14(13)19-15/h3-7,10-11H,8-9H2,1-2H3/t10-,11+. The molecule has 0 saturated carbocycles. The molecule has 100 valence electrons. The number of hydrogen-bond acceptors (Lipinski definition) is 3. The molecule has 0 saturated heterocycles. The predicted octanol–water partition coefficient (Wildman–Crippen LogP) is 4.13. The Morgan fingerprint density at radius 1 is 1.21 bits per heavy atom. The molecule has 2 aromatic rings. The van der Waals surface area contributed by atoms with E-state index in [1.54, 1.807) is 0 Å². The molecule has 1 aliphatic rings. The van der Waals surface area contributed by atoms with Gasteiger partial charge in [-0.2, -0.15) is 4.98 Å². The molecule has 0 spiro atoms. The van der Waals surface area contributed by atoms with Crippen LogP contribution in [0, 0.1) is 11.8 Å². The molecule has 2 heterocycles. The van der Waals surface area contributed by atoms with Crippen molar-refractivity contribution >= 4 is 28.7 Å².